The Bertz CT molecular complexity index is 789. The zero-order chi connectivity index (χ0) is 17.3. The minimum atomic E-state index is -0.477. The second-order valence-corrected chi connectivity index (χ2v) is 6.00. The van der Waals surface area contributed by atoms with Crippen LogP contribution in [0, 0.1) is 0 Å². The molecule has 1 aromatic heterocycles. The van der Waals surface area contributed by atoms with Crippen molar-refractivity contribution < 1.29 is 14.3 Å². The fraction of sp³-hybridized carbons (Fsp3) is 0.312. The number of hydrogen-bond acceptors (Lipinski definition) is 5. The molecule has 8 heteroatoms. The van der Waals surface area contributed by atoms with Gasteiger partial charge < -0.3 is 15.0 Å². The van der Waals surface area contributed by atoms with E-state index in [1.54, 1.807) is 41.2 Å². The normalized spacial score (nSPS) is 17.2. The molecule has 1 aliphatic rings. The van der Waals surface area contributed by atoms with E-state index in [0.29, 0.717) is 29.2 Å². The van der Waals surface area contributed by atoms with Crippen LogP contribution in [0.15, 0.2) is 30.6 Å². The number of nitrogens with zero attached hydrogens (tertiary/aromatic N) is 3. The molecular weight excluding hydrogens is 332 g/mol. The van der Waals surface area contributed by atoms with Crippen molar-refractivity contribution in [2.24, 2.45) is 7.05 Å². The Morgan fingerprint density at radius 1 is 1.42 bits per heavy atom. The van der Waals surface area contributed by atoms with Gasteiger partial charge in [-0.2, -0.15) is 5.10 Å². The van der Waals surface area contributed by atoms with Gasteiger partial charge in [0.25, 0.3) is 0 Å². The van der Waals surface area contributed by atoms with Crippen molar-refractivity contribution >= 4 is 34.9 Å². The van der Waals surface area contributed by atoms with Crippen LogP contribution in [0.5, 0.6) is 0 Å². The Balaban J connectivity index is 1.76. The minimum absolute atomic E-state index is 0.0393. The van der Waals surface area contributed by atoms with Crippen LogP contribution >= 0.6 is 11.6 Å². The lowest BCUT2D eigenvalue weighted by Crippen LogP contribution is -2.33. The molecule has 126 valence electrons. The predicted octanol–water partition coefficient (Wildman–Crippen LogP) is 2.08. The summed E-state index contributed by atoms with van der Waals surface area (Å²) in [4.78, 5) is 25.9. The molecule has 3 rings (SSSR count). The van der Waals surface area contributed by atoms with Crippen LogP contribution in [-0.2, 0) is 16.6 Å². The van der Waals surface area contributed by atoms with E-state index in [4.69, 9.17) is 16.3 Å². The second-order valence-electron chi connectivity index (χ2n) is 5.57. The first kappa shape index (κ1) is 16.3. The van der Waals surface area contributed by atoms with Crippen molar-refractivity contribution in [1.82, 2.24) is 9.78 Å². The standard InChI is InChI=1S/C16H17ClN4O3/c1-20-9-13(8-18-20)21-4-3-14(15(21)22)19-12-6-10(16(23)24-2)5-11(17)7-12/h5-9,14,19H,3-4H2,1-2H3. The van der Waals surface area contributed by atoms with Crippen LogP contribution < -0.4 is 10.2 Å². The van der Waals surface area contributed by atoms with E-state index < -0.39 is 5.97 Å². The minimum Gasteiger partial charge on any atom is -0.465 e. The lowest BCUT2D eigenvalue weighted by molar-refractivity contribution is -0.117. The third kappa shape index (κ3) is 3.21. The summed E-state index contributed by atoms with van der Waals surface area (Å²) in [5, 5.41) is 7.64. The lowest BCUT2D eigenvalue weighted by atomic mass is 10.1. The highest BCUT2D eigenvalue weighted by molar-refractivity contribution is 6.31. The molecule has 0 aliphatic carbocycles. The highest BCUT2D eigenvalue weighted by Crippen LogP contribution is 2.25. The maximum atomic E-state index is 12.6. The average Bonchev–Trinajstić information content (AvgIpc) is 3.12. The number of aromatic nitrogens is 2. The summed E-state index contributed by atoms with van der Waals surface area (Å²) in [6, 6.07) is 4.44. The smallest absolute Gasteiger partial charge is 0.337 e. The molecule has 0 saturated carbocycles. The van der Waals surface area contributed by atoms with Gasteiger partial charge in [0.15, 0.2) is 0 Å². The summed E-state index contributed by atoms with van der Waals surface area (Å²) >= 11 is 6.05. The van der Waals surface area contributed by atoms with Crippen molar-refractivity contribution in [2.45, 2.75) is 12.5 Å². The average molecular weight is 349 g/mol. The van der Waals surface area contributed by atoms with E-state index in [1.165, 1.54) is 13.2 Å². The maximum absolute atomic E-state index is 12.6. The van der Waals surface area contributed by atoms with Crippen LogP contribution in [0.1, 0.15) is 16.8 Å². The molecule has 1 N–H and O–H groups in total. The van der Waals surface area contributed by atoms with E-state index in [0.717, 1.165) is 5.69 Å². The number of carbonyl (C=O) groups excluding carboxylic acids is 2. The third-order valence-corrected chi connectivity index (χ3v) is 4.09. The number of ether oxygens (including phenoxy) is 1. The van der Waals surface area contributed by atoms with Gasteiger partial charge in [0.2, 0.25) is 5.91 Å². The van der Waals surface area contributed by atoms with Gasteiger partial charge in [0.1, 0.15) is 6.04 Å². The molecule has 0 bridgehead atoms. The summed E-state index contributed by atoms with van der Waals surface area (Å²) < 4.78 is 6.36. The van der Waals surface area contributed by atoms with E-state index in [2.05, 4.69) is 10.4 Å². The van der Waals surface area contributed by atoms with Gasteiger partial charge in [-0.1, -0.05) is 11.6 Å². The number of methoxy groups -OCH3 is 1. The fourth-order valence-corrected chi connectivity index (χ4v) is 2.96. The van der Waals surface area contributed by atoms with Crippen molar-refractivity contribution in [2.75, 3.05) is 23.9 Å². The molecule has 1 aromatic carbocycles. The topological polar surface area (TPSA) is 76.5 Å². The van der Waals surface area contributed by atoms with Crippen LogP contribution in [0.3, 0.4) is 0 Å². The zero-order valence-electron chi connectivity index (χ0n) is 13.3. The maximum Gasteiger partial charge on any atom is 0.337 e. The largest absolute Gasteiger partial charge is 0.465 e. The monoisotopic (exact) mass is 348 g/mol. The van der Waals surface area contributed by atoms with Crippen molar-refractivity contribution in [1.29, 1.82) is 0 Å². The van der Waals surface area contributed by atoms with Crippen LogP contribution in [0.2, 0.25) is 5.02 Å². The van der Waals surface area contributed by atoms with Crippen LogP contribution in [0.25, 0.3) is 0 Å². The van der Waals surface area contributed by atoms with Gasteiger partial charge in [-0.05, 0) is 24.6 Å². The first-order valence-electron chi connectivity index (χ1n) is 7.43. The van der Waals surface area contributed by atoms with E-state index in [-0.39, 0.29) is 11.9 Å². The Hall–Kier alpha value is -2.54. The number of carbonyl (C=O) groups is 2. The molecule has 1 saturated heterocycles. The Morgan fingerprint density at radius 3 is 2.88 bits per heavy atom. The lowest BCUT2D eigenvalue weighted by Gasteiger charge is -2.16. The van der Waals surface area contributed by atoms with E-state index in [1.807, 2.05) is 0 Å². The summed E-state index contributed by atoms with van der Waals surface area (Å²) in [7, 11) is 3.11. The number of nitrogens with one attached hydrogen (secondary N) is 1. The number of hydrogen-bond donors (Lipinski definition) is 1. The van der Waals surface area contributed by atoms with E-state index >= 15 is 0 Å². The molecule has 2 heterocycles. The predicted molar refractivity (Wildman–Crippen MR) is 90.4 cm³/mol. The Morgan fingerprint density at radius 2 is 2.21 bits per heavy atom. The molecule has 1 amide bonds. The second kappa shape index (κ2) is 6.52. The molecule has 7 nitrogen and oxygen atoms in total. The van der Waals surface area contributed by atoms with Crippen molar-refractivity contribution in [3.8, 4) is 0 Å². The number of esters is 1. The molecule has 0 spiro atoms. The Kier molecular flexibility index (Phi) is 4.44. The number of rotatable bonds is 4. The first-order chi connectivity index (χ1) is 11.5. The summed E-state index contributed by atoms with van der Waals surface area (Å²) in [6.45, 7) is 0.604. The zero-order valence-corrected chi connectivity index (χ0v) is 14.1. The molecule has 24 heavy (non-hydrogen) atoms. The molecule has 1 atom stereocenters. The van der Waals surface area contributed by atoms with Gasteiger partial charge in [0.05, 0.1) is 24.6 Å². The van der Waals surface area contributed by atoms with Crippen LogP contribution in [-0.4, -0.2) is 41.4 Å². The van der Waals surface area contributed by atoms with Crippen LogP contribution in [0.4, 0.5) is 11.4 Å². The summed E-state index contributed by atoms with van der Waals surface area (Å²) in [6.07, 6.45) is 4.11. The molecule has 1 aliphatic heterocycles. The van der Waals surface area contributed by atoms with Gasteiger partial charge in [-0.15, -0.1) is 0 Å². The Labute approximate surface area is 144 Å². The van der Waals surface area contributed by atoms with Gasteiger partial charge in [-0.3, -0.25) is 9.48 Å². The highest BCUT2D eigenvalue weighted by Gasteiger charge is 2.33. The number of aryl methyl sites for hydroxylation is 1. The van der Waals surface area contributed by atoms with Gasteiger partial charge >= 0.3 is 5.97 Å². The number of anilines is 2. The quantitative estimate of drug-likeness (QED) is 0.856. The first-order valence-corrected chi connectivity index (χ1v) is 7.81. The SMILES string of the molecule is COC(=O)c1cc(Cl)cc(NC2CCN(c3cnn(C)c3)C2=O)c1. The fourth-order valence-electron chi connectivity index (χ4n) is 2.73. The third-order valence-electron chi connectivity index (χ3n) is 3.87. The molecule has 2 aromatic rings. The number of halogens is 1. The number of amides is 1. The van der Waals surface area contributed by atoms with Gasteiger partial charge in [0, 0.05) is 30.5 Å². The molecule has 0 radical (unpaired) electrons. The van der Waals surface area contributed by atoms with Crippen molar-refractivity contribution in [3.05, 3.63) is 41.2 Å². The van der Waals surface area contributed by atoms with E-state index in [9.17, 15) is 9.59 Å². The summed E-state index contributed by atoms with van der Waals surface area (Å²) in [5.41, 5.74) is 1.71. The van der Waals surface area contributed by atoms with Gasteiger partial charge in [-0.25, -0.2) is 4.79 Å². The molecular formula is C16H17ClN4O3. The highest BCUT2D eigenvalue weighted by atomic mass is 35.5. The van der Waals surface area contributed by atoms with Crippen molar-refractivity contribution in [3.63, 3.8) is 0 Å². The molecule has 1 unspecified atom stereocenters. The molecule has 1 fully saturated rings. The summed E-state index contributed by atoms with van der Waals surface area (Å²) in [5.74, 6) is -0.516. The number of benzene rings is 1.